The van der Waals surface area contributed by atoms with Gasteiger partial charge >= 0.3 is 11.9 Å². The summed E-state index contributed by atoms with van der Waals surface area (Å²) in [5.41, 5.74) is 0.923. The Labute approximate surface area is 233 Å². The highest BCUT2D eigenvalue weighted by atomic mass is 31.2. The van der Waals surface area contributed by atoms with Gasteiger partial charge < -0.3 is 9.47 Å². The summed E-state index contributed by atoms with van der Waals surface area (Å²) >= 11 is 0. The van der Waals surface area contributed by atoms with Crippen LogP contribution in [0.4, 0.5) is 0 Å². The van der Waals surface area contributed by atoms with Gasteiger partial charge in [0, 0.05) is 21.3 Å². The van der Waals surface area contributed by atoms with Crippen molar-refractivity contribution in [2.75, 3.05) is 13.2 Å². The van der Waals surface area contributed by atoms with Gasteiger partial charge in [0.25, 0.3) is 0 Å². The largest absolute Gasteiger partial charge is 0.465 e. The van der Waals surface area contributed by atoms with E-state index in [9.17, 15) is 9.59 Å². The van der Waals surface area contributed by atoms with Crippen molar-refractivity contribution < 1.29 is 19.1 Å². The standard InChI is InChI=1S/C32H30N3O4P/c1-3-38-31(36)29(32(37)39-4-2)30-27-22-14-15-23-28(27)33-35(30)34-40(24-16-8-5-9-17-24,25-18-10-6-11-19-25)26-20-12-7-13-21-26/h5-23,29H,3-4H2,1-2H3. The summed E-state index contributed by atoms with van der Waals surface area (Å²) in [6, 6.07) is 37.6. The monoisotopic (exact) mass is 551 g/mol. The number of carbonyl (C=O) groups is 2. The van der Waals surface area contributed by atoms with Crippen molar-refractivity contribution in [3.05, 3.63) is 121 Å². The topological polar surface area (TPSA) is 82.8 Å². The summed E-state index contributed by atoms with van der Waals surface area (Å²) in [6.07, 6.45) is 0. The first-order valence-electron chi connectivity index (χ1n) is 13.2. The number of nitrogens with zero attached hydrogens (tertiary/aromatic N) is 3. The zero-order valence-corrected chi connectivity index (χ0v) is 23.3. The van der Waals surface area contributed by atoms with Gasteiger partial charge in [-0.3, -0.25) is 9.59 Å². The van der Waals surface area contributed by atoms with Crippen LogP contribution >= 0.6 is 7.05 Å². The van der Waals surface area contributed by atoms with Crippen molar-refractivity contribution in [1.82, 2.24) is 9.89 Å². The lowest BCUT2D eigenvalue weighted by atomic mass is 10.0. The predicted molar refractivity (Wildman–Crippen MR) is 159 cm³/mol. The third-order valence-corrected chi connectivity index (χ3v) is 10.1. The van der Waals surface area contributed by atoms with Crippen LogP contribution in [-0.2, 0) is 19.1 Å². The molecule has 0 fully saturated rings. The molecule has 40 heavy (non-hydrogen) atoms. The molecule has 4 aromatic carbocycles. The van der Waals surface area contributed by atoms with E-state index in [0.717, 1.165) is 15.9 Å². The number of fused-ring (bicyclic) bond motifs is 1. The van der Waals surface area contributed by atoms with Crippen molar-refractivity contribution in [1.29, 1.82) is 0 Å². The quantitative estimate of drug-likeness (QED) is 0.143. The van der Waals surface area contributed by atoms with E-state index in [0.29, 0.717) is 16.6 Å². The Morgan fingerprint density at radius 3 is 1.57 bits per heavy atom. The van der Waals surface area contributed by atoms with Crippen molar-refractivity contribution in [3.8, 4) is 0 Å². The highest BCUT2D eigenvalue weighted by Gasteiger charge is 2.38. The number of rotatable bonds is 9. The summed E-state index contributed by atoms with van der Waals surface area (Å²) in [5, 5.41) is 8.48. The lowest BCUT2D eigenvalue weighted by Crippen LogP contribution is -2.29. The van der Waals surface area contributed by atoms with E-state index in [1.807, 2.05) is 78.9 Å². The Hall–Kier alpha value is -4.48. The third kappa shape index (κ3) is 5.08. The average molecular weight is 552 g/mol. The Balaban J connectivity index is 1.93. The Kier molecular flexibility index (Phi) is 8.23. The molecular weight excluding hydrogens is 521 g/mol. The second-order valence-electron chi connectivity index (χ2n) is 8.96. The van der Waals surface area contributed by atoms with Gasteiger partial charge in [0.15, 0.2) is 5.92 Å². The maximum absolute atomic E-state index is 13.3. The van der Waals surface area contributed by atoms with Gasteiger partial charge in [-0.25, -0.2) is 0 Å². The number of esters is 2. The van der Waals surface area contributed by atoms with Gasteiger partial charge in [0.2, 0.25) is 0 Å². The minimum Gasteiger partial charge on any atom is -0.465 e. The van der Waals surface area contributed by atoms with Crippen LogP contribution in [0.3, 0.4) is 0 Å². The fourth-order valence-corrected chi connectivity index (χ4v) is 8.22. The highest BCUT2D eigenvalue weighted by molar-refractivity contribution is 7.87. The molecule has 1 heterocycles. The van der Waals surface area contributed by atoms with Crippen LogP contribution in [0, 0.1) is 0 Å². The SMILES string of the molecule is CCOC(=O)C(C(=O)OCC)c1c2ccccc2nn1N=P(c1ccccc1)(c1ccccc1)c1ccccc1. The van der Waals surface area contributed by atoms with Gasteiger partial charge in [-0.2, -0.15) is 14.7 Å². The molecule has 0 saturated heterocycles. The summed E-state index contributed by atoms with van der Waals surface area (Å²) in [7, 11) is -2.77. The maximum atomic E-state index is 13.3. The Morgan fingerprint density at radius 1 is 0.700 bits per heavy atom. The molecule has 0 aliphatic rings. The van der Waals surface area contributed by atoms with Crippen LogP contribution in [0.2, 0.25) is 0 Å². The number of hydrogen-bond donors (Lipinski definition) is 0. The molecule has 0 atom stereocenters. The van der Waals surface area contributed by atoms with Crippen molar-refractivity contribution in [3.63, 3.8) is 0 Å². The van der Waals surface area contributed by atoms with Gasteiger partial charge in [0.05, 0.1) is 31.5 Å². The molecule has 0 aliphatic heterocycles. The molecule has 0 aliphatic carbocycles. The number of ether oxygens (including phenoxy) is 2. The van der Waals surface area contributed by atoms with E-state index in [1.54, 1.807) is 13.8 Å². The van der Waals surface area contributed by atoms with E-state index < -0.39 is 24.9 Å². The Bertz CT molecular complexity index is 1550. The van der Waals surface area contributed by atoms with Crippen LogP contribution < -0.4 is 15.9 Å². The summed E-state index contributed by atoms with van der Waals surface area (Å²) in [6.45, 7) is 3.65. The van der Waals surface area contributed by atoms with Gasteiger partial charge in [-0.15, -0.1) is 0 Å². The van der Waals surface area contributed by atoms with Crippen LogP contribution in [0.25, 0.3) is 10.9 Å². The van der Waals surface area contributed by atoms with E-state index in [2.05, 4.69) is 36.4 Å². The number of benzene rings is 4. The van der Waals surface area contributed by atoms with Crippen molar-refractivity contribution >= 4 is 45.8 Å². The molecule has 202 valence electrons. The van der Waals surface area contributed by atoms with Crippen LogP contribution in [-0.4, -0.2) is 35.0 Å². The molecule has 0 saturated carbocycles. The second kappa shape index (κ2) is 12.1. The smallest absolute Gasteiger partial charge is 0.326 e. The minimum atomic E-state index is -2.77. The minimum absolute atomic E-state index is 0.118. The normalized spacial score (nSPS) is 11.4. The van der Waals surface area contributed by atoms with Gasteiger partial charge in [-0.1, -0.05) is 109 Å². The third-order valence-electron chi connectivity index (χ3n) is 6.52. The molecule has 0 spiro atoms. The molecule has 5 rings (SSSR count). The first-order valence-corrected chi connectivity index (χ1v) is 14.9. The second-order valence-corrected chi connectivity index (χ2v) is 12.0. The molecule has 0 N–H and O–H groups in total. The number of carbonyl (C=O) groups excluding carboxylic acids is 2. The molecule has 0 bridgehead atoms. The molecule has 8 heteroatoms. The van der Waals surface area contributed by atoms with E-state index in [4.69, 9.17) is 19.4 Å². The van der Waals surface area contributed by atoms with E-state index in [1.165, 1.54) is 4.79 Å². The number of hydrogen-bond acceptors (Lipinski definition) is 6. The zero-order valence-electron chi connectivity index (χ0n) is 22.4. The van der Waals surface area contributed by atoms with Gasteiger partial charge in [-0.05, 0) is 19.9 Å². The average Bonchev–Trinajstić information content (AvgIpc) is 3.35. The van der Waals surface area contributed by atoms with Crippen LogP contribution in [0.15, 0.2) is 120 Å². The summed E-state index contributed by atoms with van der Waals surface area (Å²) in [5.74, 6) is -2.77. The first-order chi connectivity index (χ1) is 19.6. The molecule has 7 nitrogen and oxygen atoms in total. The molecular formula is C32H30N3O4P. The fraction of sp³-hybridized carbons (Fsp3) is 0.156. The summed E-state index contributed by atoms with van der Waals surface area (Å²) in [4.78, 5) is 33.6. The van der Waals surface area contributed by atoms with E-state index >= 15 is 0 Å². The molecule has 0 unspecified atom stereocenters. The first kappa shape index (κ1) is 27.1. The number of aromatic nitrogens is 2. The lowest BCUT2D eigenvalue weighted by molar-refractivity contribution is -0.157. The summed E-state index contributed by atoms with van der Waals surface area (Å²) < 4.78 is 10.7. The molecule has 0 amide bonds. The highest BCUT2D eigenvalue weighted by Crippen LogP contribution is 2.47. The lowest BCUT2D eigenvalue weighted by Gasteiger charge is -2.27. The van der Waals surface area contributed by atoms with Crippen molar-refractivity contribution in [2.24, 2.45) is 4.85 Å². The van der Waals surface area contributed by atoms with Crippen molar-refractivity contribution in [2.45, 2.75) is 19.8 Å². The molecule has 1 aromatic heterocycles. The Morgan fingerprint density at radius 2 is 1.12 bits per heavy atom. The van der Waals surface area contributed by atoms with Gasteiger partial charge in [0.1, 0.15) is 0 Å². The maximum Gasteiger partial charge on any atom is 0.326 e. The van der Waals surface area contributed by atoms with E-state index in [-0.39, 0.29) is 13.2 Å². The van der Waals surface area contributed by atoms with Crippen LogP contribution in [0.1, 0.15) is 25.5 Å². The molecule has 5 aromatic rings. The molecule has 0 radical (unpaired) electrons. The predicted octanol–water partition coefficient (Wildman–Crippen LogP) is 5.19. The van der Waals surface area contributed by atoms with Crippen LogP contribution in [0.5, 0.6) is 0 Å². The fourth-order valence-electron chi connectivity index (χ4n) is 4.81. The zero-order chi connectivity index (χ0) is 28.0.